The van der Waals surface area contributed by atoms with Gasteiger partial charge in [-0.3, -0.25) is 14.4 Å². The number of carbonyl (C=O) groups is 3. The van der Waals surface area contributed by atoms with E-state index in [1.165, 1.54) is 5.56 Å². The molecular formula is C27H35N3O5. The highest BCUT2D eigenvalue weighted by molar-refractivity contribution is 5.76. The molecule has 0 saturated heterocycles. The maximum absolute atomic E-state index is 10.5. The number of benzene rings is 3. The van der Waals surface area contributed by atoms with Gasteiger partial charge >= 0.3 is 11.9 Å². The molecule has 0 heterocycles. The molecule has 0 aromatic heterocycles. The zero-order valence-electron chi connectivity index (χ0n) is 19.8. The molecule has 1 atom stereocenters. The van der Waals surface area contributed by atoms with Crippen molar-refractivity contribution in [2.75, 3.05) is 6.54 Å². The summed E-state index contributed by atoms with van der Waals surface area (Å²) < 4.78 is 0. The van der Waals surface area contributed by atoms with Crippen LogP contribution in [0.5, 0.6) is 0 Å². The van der Waals surface area contributed by atoms with Gasteiger partial charge in [-0.25, -0.2) is 0 Å². The van der Waals surface area contributed by atoms with Gasteiger partial charge in [0, 0.05) is 5.56 Å². The lowest BCUT2D eigenvalue weighted by Crippen LogP contribution is -2.29. The summed E-state index contributed by atoms with van der Waals surface area (Å²) in [5, 5.41) is 16.7. The predicted molar refractivity (Wildman–Crippen MR) is 139 cm³/mol. The van der Waals surface area contributed by atoms with Crippen LogP contribution >= 0.6 is 0 Å². The fourth-order valence-electron chi connectivity index (χ4n) is 2.79. The summed E-state index contributed by atoms with van der Waals surface area (Å²) in [7, 11) is 0. The molecule has 0 unspecified atom stereocenters. The summed E-state index contributed by atoms with van der Waals surface area (Å²) in [6, 6.07) is 26.1. The summed E-state index contributed by atoms with van der Waals surface area (Å²) in [5.74, 6) is -1.72. The highest BCUT2D eigenvalue weighted by Crippen LogP contribution is 2.18. The molecular weight excluding hydrogens is 446 g/mol. The molecule has 188 valence electrons. The van der Waals surface area contributed by atoms with Gasteiger partial charge in [-0.05, 0) is 36.1 Å². The molecule has 35 heavy (non-hydrogen) atoms. The zero-order chi connectivity index (χ0) is 25.2. The number of aldehydes is 1. The number of carboxylic acid groups (broad SMARTS) is 2. The Kier molecular flexibility index (Phi) is 16.5. The molecule has 0 fully saturated rings. The third-order valence-corrected chi connectivity index (χ3v) is 4.64. The van der Waals surface area contributed by atoms with Gasteiger partial charge < -0.3 is 27.8 Å². The molecule has 0 radical (unpaired) electrons. The fourth-order valence-corrected chi connectivity index (χ4v) is 2.79. The molecule has 3 aromatic carbocycles. The topological polar surface area (TPSA) is 179 Å². The predicted octanol–water partition coefficient (Wildman–Crippen LogP) is 4.17. The van der Waals surface area contributed by atoms with Crippen molar-refractivity contribution in [3.05, 3.63) is 96.1 Å². The van der Waals surface area contributed by atoms with Gasteiger partial charge in [0.15, 0.2) is 0 Å². The van der Waals surface area contributed by atoms with Crippen molar-refractivity contribution in [1.29, 1.82) is 0 Å². The lowest BCUT2D eigenvalue weighted by atomic mass is 10.0. The Labute approximate surface area is 206 Å². The van der Waals surface area contributed by atoms with E-state index in [0.29, 0.717) is 18.5 Å². The fraction of sp³-hybridized carbons (Fsp3) is 0.222. The number of carbonyl (C=O) groups excluding carboxylic acids is 1. The normalized spacial score (nSPS) is 10.2. The molecule has 0 aliphatic rings. The van der Waals surface area contributed by atoms with Gasteiger partial charge in [-0.1, -0.05) is 91.3 Å². The maximum Gasteiger partial charge on any atom is 0.320 e. The Bertz CT molecular complexity index is 981. The molecule has 0 saturated carbocycles. The molecule has 3 rings (SSSR count). The largest absolute Gasteiger partial charge is 0.481 e. The van der Waals surface area contributed by atoms with Crippen molar-refractivity contribution in [3.8, 4) is 11.1 Å². The number of aliphatic carboxylic acids is 2. The first-order valence-corrected chi connectivity index (χ1v) is 10.9. The van der Waals surface area contributed by atoms with Crippen LogP contribution in [-0.4, -0.2) is 41.0 Å². The van der Waals surface area contributed by atoms with Gasteiger partial charge in [0.1, 0.15) is 12.3 Å². The molecule has 8 nitrogen and oxygen atoms in total. The number of unbranched alkanes of at least 4 members (excludes halogenated alkanes) is 1. The lowest BCUT2D eigenvalue weighted by Gasteiger charge is -2.03. The molecule has 0 bridgehead atoms. The Morgan fingerprint density at radius 2 is 1.31 bits per heavy atom. The summed E-state index contributed by atoms with van der Waals surface area (Å²) in [5.41, 5.74) is 14.3. The highest BCUT2D eigenvalue weighted by Gasteiger charge is 2.09. The van der Waals surface area contributed by atoms with Gasteiger partial charge in [0.2, 0.25) is 0 Å². The van der Waals surface area contributed by atoms with Crippen LogP contribution in [0.3, 0.4) is 0 Å². The Morgan fingerprint density at radius 3 is 1.77 bits per heavy atom. The average Bonchev–Trinajstić information content (AvgIpc) is 2.86. The lowest BCUT2D eigenvalue weighted by molar-refractivity contribution is -0.139. The van der Waals surface area contributed by atoms with Gasteiger partial charge in [-0.15, -0.1) is 0 Å². The van der Waals surface area contributed by atoms with Gasteiger partial charge in [0.05, 0.1) is 6.42 Å². The first kappa shape index (κ1) is 31.1. The van der Waals surface area contributed by atoms with E-state index in [4.69, 9.17) is 21.7 Å². The Balaban J connectivity index is 0.000000501. The number of rotatable bonds is 9. The first-order valence-electron chi connectivity index (χ1n) is 10.9. The van der Waals surface area contributed by atoms with E-state index in [0.717, 1.165) is 30.3 Å². The second kappa shape index (κ2) is 18.6. The maximum atomic E-state index is 10.5. The first-order chi connectivity index (χ1) is 16.4. The van der Waals surface area contributed by atoms with Crippen molar-refractivity contribution in [3.63, 3.8) is 0 Å². The van der Waals surface area contributed by atoms with E-state index in [2.05, 4.69) is 12.1 Å². The molecule has 0 aliphatic carbocycles. The smallest absolute Gasteiger partial charge is 0.320 e. The summed E-state index contributed by atoms with van der Waals surface area (Å²) in [4.78, 5) is 30.8. The van der Waals surface area contributed by atoms with Crippen LogP contribution in [0.4, 0.5) is 0 Å². The molecule has 9 N–H and O–H groups in total. The minimum atomic E-state index is -0.933. The van der Waals surface area contributed by atoms with Crippen molar-refractivity contribution < 1.29 is 24.6 Å². The SMILES string of the molecule is N.NCCCC[C@H](N)C(=O)O.O=C(O)Cc1ccccc1.O=Cc1ccc(-c2ccccc2)cc1. The van der Waals surface area contributed by atoms with E-state index in [1.54, 1.807) is 12.1 Å². The van der Waals surface area contributed by atoms with E-state index < -0.39 is 18.0 Å². The average molecular weight is 482 g/mol. The van der Waals surface area contributed by atoms with Crippen molar-refractivity contribution in [2.24, 2.45) is 11.5 Å². The third-order valence-electron chi connectivity index (χ3n) is 4.64. The number of hydrogen-bond acceptors (Lipinski definition) is 6. The third kappa shape index (κ3) is 14.1. The van der Waals surface area contributed by atoms with Crippen LogP contribution in [-0.2, 0) is 16.0 Å². The minimum Gasteiger partial charge on any atom is -0.481 e. The quantitative estimate of drug-likeness (QED) is 0.223. The van der Waals surface area contributed by atoms with Crippen molar-refractivity contribution in [2.45, 2.75) is 31.7 Å². The van der Waals surface area contributed by atoms with E-state index >= 15 is 0 Å². The monoisotopic (exact) mass is 481 g/mol. The van der Waals surface area contributed by atoms with Crippen molar-refractivity contribution in [1.82, 2.24) is 6.15 Å². The second-order valence-corrected chi connectivity index (χ2v) is 7.39. The number of carboxylic acids is 2. The molecule has 3 aromatic rings. The Hall–Kier alpha value is -3.85. The van der Waals surface area contributed by atoms with Crippen molar-refractivity contribution >= 4 is 18.2 Å². The Morgan fingerprint density at radius 1 is 0.800 bits per heavy atom. The molecule has 0 amide bonds. The summed E-state index contributed by atoms with van der Waals surface area (Å²) in [6.07, 6.45) is 3.13. The van der Waals surface area contributed by atoms with E-state index in [9.17, 15) is 14.4 Å². The highest BCUT2D eigenvalue weighted by atomic mass is 16.4. The van der Waals surface area contributed by atoms with Crippen LogP contribution < -0.4 is 17.6 Å². The van der Waals surface area contributed by atoms with Crippen LogP contribution in [0, 0.1) is 0 Å². The molecule has 8 heteroatoms. The minimum absolute atomic E-state index is 0. The van der Waals surface area contributed by atoms with Gasteiger partial charge in [0.25, 0.3) is 0 Å². The summed E-state index contributed by atoms with van der Waals surface area (Å²) in [6.45, 7) is 0.604. The zero-order valence-corrected chi connectivity index (χ0v) is 19.8. The molecule has 0 spiro atoms. The van der Waals surface area contributed by atoms with Crippen LogP contribution in [0.25, 0.3) is 11.1 Å². The number of hydrogen-bond donors (Lipinski definition) is 5. The van der Waals surface area contributed by atoms with Crippen LogP contribution in [0.1, 0.15) is 35.2 Å². The molecule has 0 aliphatic heterocycles. The second-order valence-electron chi connectivity index (χ2n) is 7.39. The summed E-state index contributed by atoms with van der Waals surface area (Å²) >= 11 is 0. The van der Waals surface area contributed by atoms with E-state index in [1.807, 2.05) is 60.7 Å². The standard InChI is InChI=1S/C13H10O.C8H8O2.C6H14N2O2.H3N/c14-10-11-6-8-13(9-7-11)12-4-2-1-3-5-12;9-8(10)6-7-4-2-1-3-5-7;7-4-2-1-3-5(8)6(9)10;/h1-10H;1-5H,6H2,(H,9,10);5H,1-4,7-8H2,(H,9,10);1H3/t;;5-;/m..0./s1. The van der Waals surface area contributed by atoms with Crippen LogP contribution in [0.15, 0.2) is 84.9 Å². The number of nitrogens with two attached hydrogens (primary N) is 2. The van der Waals surface area contributed by atoms with Crippen LogP contribution in [0.2, 0.25) is 0 Å². The van der Waals surface area contributed by atoms with E-state index in [-0.39, 0.29) is 12.6 Å². The van der Waals surface area contributed by atoms with Gasteiger partial charge in [-0.2, -0.15) is 0 Å².